The number of carbonyl (C=O) groups excluding carboxylic acids is 1. The molecule has 2 N–H and O–H groups in total. The third-order valence-corrected chi connectivity index (χ3v) is 4.94. The third-order valence-electron chi connectivity index (χ3n) is 4.94. The van der Waals surface area contributed by atoms with Gasteiger partial charge in [0.1, 0.15) is 5.60 Å². The van der Waals surface area contributed by atoms with Crippen molar-refractivity contribution in [1.29, 1.82) is 0 Å². The van der Waals surface area contributed by atoms with Crippen LogP contribution in [0.15, 0.2) is 0 Å². The van der Waals surface area contributed by atoms with Crippen LogP contribution in [0.1, 0.15) is 59.3 Å². The summed E-state index contributed by atoms with van der Waals surface area (Å²) in [5.74, 6) is -0.150. The molecule has 4 saturated carbocycles. The van der Waals surface area contributed by atoms with E-state index in [-0.39, 0.29) is 40.3 Å². The third kappa shape index (κ3) is 2.05. The highest BCUT2D eigenvalue weighted by Gasteiger charge is 2.65. The molecule has 0 aromatic rings. The van der Waals surface area contributed by atoms with E-state index in [1.165, 1.54) is 13.3 Å². The van der Waals surface area contributed by atoms with Crippen LogP contribution in [0, 0.1) is 10.8 Å². The maximum atomic E-state index is 11.4. The highest BCUT2D eigenvalue weighted by Crippen LogP contribution is 2.67. The van der Waals surface area contributed by atoms with E-state index in [2.05, 4.69) is 13.8 Å². The smallest absolute Gasteiger partial charge is 0.303 e. The molecule has 4 heteroatoms. The summed E-state index contributed by atoms with van der Waals surface area (Å²) >= 11 is 0. The fourth-order valence-electron chi connectivity index (χ4n) is 6.09. The lowest BCUT2D eigenvalue weighted by atomic mass is 9.41. The molecule has 104 valence electrons. The van der Waals surface area contributed by atoms with Crippen molar-refractivity contribution in [2.45, 2.75) is 70.4 Å². The Hall–Kier alpha value is -0.280. The van der Waals surface area contributed by atoms with Crippen LogP contribution in [0.4, 0.5) is 0 Å². The molecule has 4 aliphatic carbocycles. The van der Waals surface area contributed by atoms with Crippen molar-refractivity contribution in [1.82, 2.24) is 0 Å². The van der Waals surface area contributed by atoms with Crippen LogP contribution >= 0.6 is 12.4 Å². The van der Waals surface area contributed by atoms with Crippen LogP contribution in [-0.4, -0.2) is 17.1 Å². The number of hydrogen-bond donors (Lipinski definition) is 1. The average molecular weight is 274 g/mol. The summed E-state index contributed by atoms with van der Waals surface area (Å²) in [6.07, 6.45) is 6.31. The van der Waals surface area contributed by atoms with E-state index in [0.29, 0.717) is 0 Å². The van der Waals surface area contributed by atoms with Gasteiger partial charge in [-0.2, -0.15) is 0 Å². The van der Waals surface area contributed by atoms with Crippen LogP contribution in [0.2, 0.25) is 0 Å². The maximum absolute atomic E-state index is 11.4. The molecule has 2 atom stereocenters. The number of halogens is 1. The topological polar surface area (TPSA) is 52.3 Å². The highest BCUT2D eigenvalue weighted by molar-refractivity contribution is 5.85. The van der Waals surface area contributed by atoms with Gasteiger partial charge in [-0.1, -0.05) is 13.8 Å². The van der Waals surface area contributed by atoms with Crippen molar-refractivity contribution >= 4 is 18.4 Å². The summed E-state index contributed by atoms with van der Waals surface area (Å²) < 4.78 is 5.73. The van der Waals surface area contributed by atoms with E-state index in [0.717, 1.165) is 32.1 Å². The molecule has 0 aromatic carbocycles. The van der Waals surface area contributed by atoms with E-state index in [9.17, 15) is 4.79 Å². The quantitative estimate of drug-likeness (QED) is 0.748. The first-order valence-electron chi connectivity index (χ1n) is 6.64. The Morgan fingerprint density at radius 3 is 1.89 bits per heavy atom. The van der Waals surface area contributed by atoms with Gasteiger partial charge in [0.05, 0.1) is 0 Å². The summed E-state index contributed by atoms with van der Waals surface area (Å²) in [5.41, 5.74) is 6.74. The van der Waals surface area contributed by atoms with Gasteiger partial charge < -0.3 is 10.5 Å². The normalized spacial score (nSPS) is 52.9. The van der Waals surface area contributed by atoms with E-state index >= 15 is 0 Å². The molecule has 4 fully saturated rings. The van der Waals surface area contributed by atoms with Crippen molar-refractivity contribution in [2.24, 2.45) is 16.6 Å². The number of carbonyl (C=O) groups is 1. The highest BCUT2D eigenvalue weighted by atomic mass is 35.5. The minimum Gasteiger partial charge on any atom is -0.459 e. The minimum atomic E-state index is -0.265. The summed E-state index contributed by atoms with van der Waals surface area (Å²) in [5, 5.41) is 0. The van der Waals surface area contributed by atoms with Gasteiger partial charge in [0.25, 0.3) is 0 Å². The van der Waals surface area contributed by atoms with E-state index in [1.807, 2.05) is 0 Å². The van der Waals surface area contributed by atoms with E-state index in [1.54, 1.807) is 0 Å². The van der Waals surface area contributed by atoms with Gasteiger partial charge in [-0.15, -0.1) is 12.4 Å². The lowest BCUT2D eigenvalue weighted by molar-refractivity contribution is -0.218. The Bertz CT molecular complexity index is 342. The molecule has 0 radical (unpaired) electrons. The van der Waals surface area contributed by atoms with Crippen molar-refractivity contribution in [3.05, 3.63) is 0 Å². The van der Waals surface area contributed by atoms with Crippen molar-refractivity contribution in [3.8, 4) is 0 Å². The molecule has 0 aromatic heterocycles. The van der Waals surface area contributed by atoms with Gasteiger partial charge in [0, 0.05) is 18.9 Å². The van der Waals surface area contributed by atoms with Gasteiger partial charge in [0.2, 0.25) is 0 Å². The molecular formula is C14H24ClNO2. The van der Waals surface area contributed by atoms with E-state index in [4.69, 9.17) is 10.5 Å². The molecule has 4 bridgehead atoms. The molecule has 0 saturated heterocycles. The largest absolute Gasteiger partial charge is 0.459 e. The fourth-order valence-corrected chi connectivity index (χ4v) is 6.09. The van der Waals surface area contributed by atoms with Gasteiger partial charge in [-0.3, -0.25) is 4.79 Å². The van der Waals surface area contributed by atoms with Gasteiger partial charge >= 0.3 is 5.97 Å². The molecule has 18 heavy (non-hydrogen) atoms. The maximum Gasteiger partial charge on any atom is 0.303 e. The molecule has 0 aliphatic heterocycles. The number of ether oxygens (including phenoxy) is 1. The average Bonchev–Trinajstić information content (AvgIpc) is 1.87. The minimum absolute atomic E-state index is 0. The molecule has 4 rings (SSSR count). The van der Waals surface area contributed by atoms with Gasteiger partial charge in [-0.25, -0.2) is 0 Å². The Morgan fingerprint density at radius 2 is 1.50 bits per heavy atom. The second kappa shape index (κ2) is 3.63. The zero-order valence-electron chi connectivity index (χ0n) is 11.5. The number of nitrogens with two attached hydrogens (primary N) is 1. The molecule has 0 heterocycles. The Balaban J connectivity index is 0.00000120. The first-order chi connectivity index (χ1) is 7.66. The number of hydrogen-bond acceptors (Lipinski definition) is 3. The molecule has 3 nitrogen and oxygen atoms in total. The second-order valence-electron chi connectivity index (χ2n) is 7.82. The van der Waals surface area contributed by atoms with Crippen LogP contribution in [-0.2, 0) is 9.53 Å². The Morgan fingerprint density at radius 1 is 1.00 bits per heavy atom. The Labute approximate surface area is 115 Å². The van der Waals surface area contributed by atoms with Crippen LogP contribution in [0.3, 0.4) is 0 Å². The number of esters is 1. The standard InChI is InChI=1S/C14H23NO2.ClH/c1-10(16)17-14-7-11(2)4-12(3,8-14)6-13(15,5-11)9-14;/h4-9,15H2,1-3H3;1H. The second-order valence-corrected chi connectivity index (χ2v) is 7.82. The Kier molecular flexibility index (Phi) is 2.85. The molecule has 4 aliphatic rings. The SMILES string of the molecule is CC(=O)OC12CC3(C)CC(C)(CC(N)(C3)C1)C2.Cl. The van der Waals surface area contributed by atoms with Crippen molar-refractivity contribution in [2.75, 3.05) is 0 Å². The first kappa shape index (κ1) is 14.1. The van der Waals surface area contributed by atoms with Crippen molar-refractivity contribution < 1.29 is 9.53 Å². The summed E-state index contributed by atoms with van der Waals surface area (Å²) in [6, 6.07) is 0. The van der Waals surface area contributed by atoms with Gasteiger partial charge in [0.15, 0.2) is 0 Å². The lowest BCUT2D eigenvalue weighted by Gasteiger charge is -2.67. The summed E-state index contributed by atoms with van der Waals surface area (Å²) in [6.45, 7) is 6.16. The van der Waals surface area contributed by atoms with Crippen LogP contribution in [0.25, 0.3) is 0 Å². The fraction of sp³-hybridized carbons (Fsp3) is 0.929. The molecule has 2 unspecified atom stereocenters. The summed E-state index contributed by atoms with van der Waals surface area (Å²) in [7, 11) is 0. The van der Waals surface area contributed by atoms with Crippen LogP contribution < -0.4 is 5.73 Å². The molecule has 0 spiro atoms. The molecule has 0 amide bonds. The monoisotopic (exact) mass is 273 g/mol. The zero-order chi connectivity index (χ0) is 12.5. The predicted molar refractivity (Wildman–Crippen MR) is 72.6 cm³/mol. The molecular weight excluding hydrogens is 250 g/mol. The predicted octanol–water partition coefficient (Wildman–Crippen LogP) is 2.80. The van der Waals surface area contributed by atoms with Crippen LogP contribution in [0.5, 0.6) is 0 Å². The summed E-state index contributed by atoms with van der Waals surface area (Å²) in [4.78, 5) is 11.4. The zero-order valence-corrected chi connectivity index (χ0v) is 12.4. The first-order valence-corrected chi connectivity index (χ1v) is 6.64. The van der Waals surface area contributed by atoms with Gasteiger partial charge in [-0.05, 0) is 42.9 Å². The van der Waals surface area contributed by atoms with Crippen molar-refractivity contribution in [3.63, 3.8) is 0 Å². The van der Waals surface area contributed by atoms with E-state index < -0.39 is 0 Å². The number of rotatable bonds is 1. The lowest BCUT2D eigenvalue weighted by Crippen LogP contribution is -2.69.